The minimum atomic E-state index is -4.98. The van der Waals surface area contributed by atoms with E-state index in [9.17, 15) is 43.2 Å². The number of allylic oxidation sites excluding steroid dienone is 14. The number of carbonyl (C=O) groups excluding carboxylic acids is 4. The number of unbranched alkanes of at least 4 members (excludes halogenated alkanes) is 41. The number of aliphatic hydroxyl groups is 1. The van der Waals surface area contributed by atoms with Gasteiger partial charge in [-0.3, -0.25) is 37.3 Å². The lowest BCUT2D eigenvalue weighted by molar-refractivity contribution is -0.161. The van der Waals surface area contributed by atoms with Gasteiger partial charge in [-0.15, -0.1) is 0 Å². The van der Waals surface area contributed by atoms with Gasteiger partial charge in [0.25, 0.3) is 0 Å². The Hall–Kier alpha value is -3.76. The highest BCUT2D eigenvalue weighted by Crippen LogP contribution is 2.45. The summed E-state index contributed by atoms with van der Waals surface area (Å²) >= 11 is 0. The highest BCUT2D eigenvalue weighted by atomic mass is 31.2. The minimum absolute atomic E-state index is 0.0969. The number of esters is 4. The van der Waals surface area contributed by atoms with Crippen LogP contribution in [0.2, 0.25) is 0 Å². The fourth-order valence-corrected chi connectivity index (χ4v) is 13.5. The molecular formula is C87H156O17P2. The van der Waals surface area contributed by atoms with E-state index in [1.165, 1.54) is 128 Å². The third-order valence-corrected chi connectivity index (χ3v) is 20.3. The number of phosphoric acid groups is 2. The molecule has 0 aromatic heterocycles. The van der Waals surface area contributed by atoms with E-state index in [-0.39, 0.29) is 25.7 Å². The summed E-state index contributed by atoms with van der Waals surface area (Å²) < 4.78 is 68.8. The van der Waals surface area contributed by atoms with Gasteiger partial charge in [0.05, 0.1) is 26.4 Å². The van der Waals surface area contributed by atoms with Gasteiger partial charge in [0.1, 0.15) is 19.3 Å². The van der Waals surface area contributed by atoms with Crippen LogP contribution in [0.5, 0.6) is 0 Å². The summed E-state index contributed by atoms with van der Waals surface area (Å²) in [5.74, 6) is -2.16. The molecule has 0 aliphatic rings. The zero-order chi connectivity index (χ0) is 77.4. The first-order chi connectivity index (χ1) is 51.7. The lowest BCUT2D eigenvalue weighted by atomic mass is 10.0. The van der Waals surface area contributed by atoms with Gasteiger partial charge in [0.2, 0.25) is 0 Å². The topological polar surface area (TPSA) is 237 Å². The van der Waals surface area contributed by atoms with E-state index < -0.39 is 97.5 Å². The summed E-state index contributed by atoms with van der Waals surface area (Å²) in [6.45, 7) is 4.73. The molecule has 616 valence electrons. The number of hydrogen-bond donors (Lipinski definition) is 3. The molecule has 17 nitrogen and oxygen atoms in total. The van der Waals surface area contributed by atoms with E-state index in [2.05, 4.69) is 113 Å². The molecule has 106 heavy (non-hydrogen) atoms. The monoisotopic (exact) mass is 1540 g/mol. The molecule has 0 fully saturated rings. The molecule has 0 saturated heterocycles. The van der Waals surface area contributed by atoms with Crippen molar-refractivity contribution >= 4 is 39.5 Å². The number of aliphatic hydroxyl groups excluding tert-OH is 1. The zero-order valence-corrected chi connectivity index (χ0v) is 69.4. The first kappa shape index (κ1) is 102. The highest BCUT2D eigenvalue weighted by Gasteiger charge is 2.30. The Balaban J connectivity index is 5.34. The van der Waals surface area contributed by atoms with Gasteiger partial charge in [0.15, 0.2) is 12.2 Å². The largest absolute Gasteiger partial charge is 0.472 e. The van der Waals surface area contributed by atoms with Crippen molar-refractivity contribution in [2.75, 3.05) is 39.6 Å². The van der Waals surface area contributed by atoms with Crippen LogP contribution < -0.4 is 0 Å². The van der Waals surface area contributed by atoms with E-state index in [1.54, 1.807) is 0 Å². The molecule has 0 amide bonds. The molecule has 5 unspecified atom stereocenters. The Bertz CT molecular complexity index is 2330. The predicted molar refractivity (Wildman–Crippen MR) is 436 cm³/mol. The summed E-state index contributed by atoms with van der Waals surface area (Å²) in [4.78, 5) is 73.2. The molecule has 0 aliphatic heterocycles. The molecule has 3 N–H and O–H groups in total. The number of ether oxygens (including phenoxy) is 4. The average Bonchev–Trinajstić information content (AvgIpc) is 0.909. The molecule has 0 spiro atoms. The quantitative estimate of drug-likeness (QED) is 0.0169. The Kier molecular flexibility index (Phi) is 76.5. The molecular weight excluding hydrogens is 1380 g/mol. The van der Waals surface area contributed by atoms with Crippen LogP contribution >= 0.6 is 15.6 Å². The molecule has 5 atom stereocenters. The molecule has 19 heteroatoms. The molecule has 0 heterocycles. The van der Waals surface area contributed by atoms with E-state index in [0.29, 0.717) is 25.7 Å². The van der Waals surface area contributed by atoms with Gasteiger partial charge in [-0.05, 0) is 96.3 Å². The lowest BCUT2D eigenvalue weighted by Crippen LogP contribution is -2.30. The molecule has 0 aromatic rings. The molecule has 0 aliphatic carbocycles. The lowest BCUT2D eigenvalue weighted by Gasteiger charge is -2.21. The van der Waals surface area contributed by atoms with Gasteiger partial charge < -0.3 is 33.8 Å². The zero-order valence-electron chi connectivity index (χ0n) is 67.6. The summed E-state index contributed by atoms with van der Waals surface area (Å²) in [6, 6.07) is 0. The molecule has 0 bridgehead atoms. The smallest absolute Gasteiger partial charge is 0.462 e. The van der Waals surface area contributed by atoms with Crippen molar-refractivity contribution in [2.24, 2.45) is 0 Å². The maximum atomic E-state index is 13.1. The van der Waals surface area contributed by atoms with Crippen molar-refractivity contribution in [3.63, 3.8) is 0 Å². The van der Waals surface area contributed by atoms with Gasteiger partial charge in [-0.1, -0.05) is 350 Å². The second-order valence-corrected chi connectivity index (χ2v) is 31.6. The number of rotatable bonds is 81. The number of hydrogen-bond acceptors (Lipinski definition) is 15. The van der Waals surface area contributed by atoms with Gasteiger partial charge in [-0.2, -0.15) is 0 Å². The number of carbonyl (C=O) groups is 4. The highest BCUT2D eigenvalue weighted by molar-refractivity contribution is 7.47. The van der Waals surface area contributed by atoms with Crippen LogP contribution in [0.1, 0.15) is 387 Å². The summed E-state index contributed by atoms with van der Waals surface area (Å²) in [5.41, 5.74) is 0. The summed E-state index contributed by atoms with van der Waals surface area (Å²) in [7, 11) is -9.96. The third-order valence-electron chi connectivity index (χ3n) is 18.4. The van der Waals surface area contributed by atoms with Crippen molar-refractivity contribution in [2.45, 2.75) is 406 Å². The van der Waals surface area contributed by atoms with Crippen LogP contribution in [0.15, 0.2) is 85.1 Å². The van der Waals surface area contributed by atoms with Crippen molar-refractivity contribution in [3.8, 4) is 0 Å². The fraction of sp³-hybridized carbons (Fsp3) is 0.793. The van der Waals surface area contributed by atoms with Crippen molar-refractivity contribution in [1.29, 1.82) is 0 Å². The summed E-state index contributed by atoms with van der Waals surface area (Å²) in [6.07, 6.45) is 83.9. The maximum Gasteiger partial charge on any atom is 0.472 e. The average molecular weight is 1540 g/mol. The molecule has 0 rings (SSSR count). The Labute approximate surface area is 646 Å². The van der Waals surface area contributed by atoms with Crippen LogP contribution in [0.25, 0.3) is 0 Å². The third kappa shape index (κ3) is 78.4. The van der Waals surface area contributed by atoms with E-state index in [4.69, 9.17) is 37.0 Å². The van der Waals surface area contributed by atoms with Crippen molar-refractivity contribution < 1.29 is 80.2 Å². The van der Waals surface area contributed by atoms with E-state index >= 15 is 0 Å². The molecule has 0 saturated carbocycles. The molecule has 0 aromatic carbocycles. The van der Waals surface area contributed by atoms with Crippen molar-refractivity contribution in [3.05, 3.63) is 85.1 Å². The Morgan fingerprint density at radius 2 is 0.491 bits per heavy atom. The van der Waals surface area contributed by atoms with Crippen molar-refractivity contribution in [1.82, 2.24) is 0 Å². The van der Waals surface area contributed by atoms with E-state index in [0.717, 1.165) is 180 Å². The van der Waals surface area contributed by atoms with Crippen LogP contribution in [0, 0.1) is 0 Å². The van der Waals surface area contributed by atoms with Gasteiger partial charge in [0, 0.05) is 25.7 Å². The van der Waals surface area contributed by atoms with Crippen LogP contribution in [0.4, 0.5) is 0 Å². The standard InChI is InChI=1S/C87H156O17P2/c1-5-9-13-17-21-25-29-33-37-39-40-42-46-48-52-56-60-64-68-72-85(90)98-78-83(104-87(92)74-70-66-62-58-54-50-44-36-32-28-24-20-16-12-8-4)80-102-106(95,96)100-76-81(88)75-99-105(93,94)101-79-82(103-86(91)73-69-65-61-57-53-49-43-35-31-27-23-19-15-11-7-3)77-97-84(89)71-67-63-59-55-51-47-45-41-38-34-30-26-22-18-14-10-6-2/h9-10,13-14,21-22,25-26,33-34,37-38,40,42,81-83,88H,5-8,11-12,15-20,23-24,27-32,35-36,39,41,43-80H2,1-4H3,(H,93,94)(H,95,96)/b13-9-,14-10-,25-21-,26-22-,37-33-,38-34-,42-40-. The molecule has 0 radical (unpaired) electrons. The maximum absolute atomic E-state index is 13.1. The normalized spacial score (nSPS) is 14.2. The van der Waals surface area contributed by atoms with Crippen LogP contribution in [0.3, 0.4) is 0 Å². The second kappa shape index (κ2) is 79.3. The summed E-state index contributed by atoms with van der Waals surface area (Å²) in [5, 5.41) is 10.7. The minimum Gasteiger partial charge on any atom is -0.462 e. The van der Waals surface area contributed by atoms with Gasteiger partial charge >= 0.3 is 39.5 Å². The predicted octanol–water partition coefficient (Wildman–Crippen LogP) is 25.3. The van der Waals surface area contributed by atoms with E-state index in [1.807, 2.05) is 0 Å². The van der Waals surface area contributed by atoms with Crippen LogP contribution in [-0.2, 0) is 65.4 Å². The Morgan fingerprint density at radius 3 is 0.755 bits per heavy atom. The Morgan fingerprint density at radius 1 is 0.274 bits per heavy atom. The SMILES string of the molecule is CC/C=C\C/C=C\C/C=C\C/C=C\CCCCCCCCC(=O)OCC(COP(=O)(O)OCC(O)COP(=O)(O)OCC(COC(=O)CCCCCCCCC/C=C\C/C=C\C/C=C\CC)OC(=O)CCCCCCCCCCCCCCCCC)OC(=O)CCCCCCCCCCCCCCCCC. The fourth-order valence-electron chi connectivity index (χ4n) is 11.9. The second-order valence-electron chi connectivity index (χ2n) is 28.7. The van der Waals surface area contributed by atoms with Gasteiger partial charge in [-0.25, -0.2) is 9.13 Å². The first-order valence-corrected chi connectivity index (χ1v) is 45.8. The first-order valence-electron chi connectivity index (χ1n) is 42.8. The van der Waals surface area contributed by atoms with Crippen LogP contribution in [-0.4, -0.2) is 96.7 Å². The number of phosphoric ester groups is 2.